The van der Waals surface area contributed by atoms with Gasteiger partial charge in [0.25, 0.3) is 5.91 Å². The monoisotopic (exact) mass is 311 g/mol. The Kier molecular flexibility index (Phi) is 4.44. The van der Waals surface area contributed by atoms with Gasteiger partial charge in [-0.05, 0) is 31.9 Å². The minimum atomic E-state index is -1.76. The average molecular weight is 311 g/mol. The van der Waals surface area contributed by atoms with Gasteiger partial charge in [0.05, 0.1) is 18.2 Å². The van der Waals surface area contributed by atoms with Crippen molar-refractivity contribution in [3.63, 3.8) is 0 Å². The lowest BCUT2D eigenvalue weighted by Gasteiger charge is -2.43. The van der Waals surface area contributed by atoms with Gasteiger partial charge in [0.1, 0.15) is 17.5 Å². The van der Waals surface area contributed by atoms with Crippen LogP contribution in [0, 0.1) is 13.8 Å². The Morgan fingerprint density at radius 1 is 1.32 bits per heavy atom. The third-order valence-corrected chi connectivity index (χ3v) is 4.13. The lowest BCUT2D eigenvalue weighted by molar-refractivity contribution is -0.259. The van der Waals surface area contributed by atoms with Crippen LogP contribution >= 0.6 is 0 Å². The van der Waals surface area contributed by atoms with Gasteiger partial charge >= 0.3 is 0 Å². The van der Waals surface area contributed by atoms with Crippen molar-refractivity contribution in [1.82, 2.24) is 5.32 Å². The summed E-state index contributed by atoms with van der Waals surface area (Å²) < 4.78 is 4.93. The van der Waals surface area contributed by atoms with E-state index in [2.05, 4.69) is 5.32 Å². The molecule has 22 heavy (non-hydrogen) atoms. The first-order valence-corrected chi connectivity index (χ1v) is 6.96. The Morgan fingerprint density at radius 3 is 2.55 bits per heavy atom. The van der Waals surface area contributed by atoms with Crippen molar-refractivity contribution in [3.05, 3.63) is 28.8 Å². The van der Waals surface area contributed by atoms with E-state index in [1.165, 1.54) is 6.92 Å². The van der Waals surface area contributed by atoms with Crippen LogP contribution in [0.2, 0.25) is 0 Å². The molecule has 1 amide bonds. The van der Waals surface area contributed by atoms with E-state index in [9.17, 15) is 25.2 Å². The van der Waals surface area contributed by atoms with Gasteiger partial charge in [0.15, 0.2) is 6.29 Å². The lowest BCUT2D eigenvalue weighted by atomic mass is 9.87. The van der Waals surface area contributed by atoms with Gasteiger partial charge in [-0.3, -0.25) is 4.79 Å². The fraction of sp³-hybridized carbons (Fsp3) is 0.533. The van der Waals surface area contributed by atoms with Crippen LogP contribution in [0.15, 0.2) is 12.1 Å². The van der Waals surface area contributed by atoms with Crippen molar-refractivity contribution in [1.29, 1.82) is 0 Å². The molecule has 0 aromatic heterocycles. The molecule has 0 radical (unpaired) electrons. The number of hydrogen-bond donors (Lipinski definition) is 5. The van der Waals surface area contributed by atoms with E-state index in [1.54, 1.807) is 26.0 Å². The molecule has 1 heterocycles. The first-order valence-electron chi connectivity index (χ1n) is 6.96. The summed E-state index contributed by atoms with van der Waals surface area (Å²) in [7, 11) is 0. The van der Waals surface area contributed by atoms with Crippen LogP contribution in [0.3, 0.4) is 0 Å². The molecule has 5 N–H and O–H groups in total. The number of benzene rings is 1. The fourth-order valence-corrected chi connectivity index (χ4v) is 2.45. The summed E-state index contributed by atoms with van der Waals surface area (Å²) in [4.78, 5) is 12.4. The van der Waals surface area contributed by atoms with Crippen molar-refractivity contribution in [2.75, 3.05) is 6.61 Å². The van der Waals surface area contributed by atoms with Crippen molar-refractivity contribution in [2.24, 2.45) is 0 Å². The molecule has 1 aliphatic heterocycles. The van der Waals surface area contributed by atoms with Crippen molar-refractivity contribution in [3.8, 4) is 5.75 Å². The molecule has 1 saturated heterocycles. The number of rotatable bonds is 2. The summed E-state index contributed by atoms with van der Waals surface area (Å²) in [6.07, 6.45) is -3.07. The highest BCUT2D eigenvalue weighted by molar-refractivity contribution is 5.99. The van der Waals surface area contributed by atoms with Crippen LogP contribution in [-0.4, -0.2) is 57.0 Å². The fourth-order valence-electron chi connectivity index (χ4n) is 2.45. The molecule has 0 aliphatic carbocycles. The summed E-state index contributed by atoms with van der Waals surface area (Å²) in [5.41, 5.74) is -0.521. The van der Waals surface area contributed by atoms with Crippen LogP contribution in [0.5, 0.6) is 5.75 Å². The molecule has 1 aliphatic rings. The highest BCUT2D eigenvalue weighted by Gasteiger charge is 2.48. The zero-order valence-corrected chi connectivity index (χ0v) is 12.7. The molecule has 2 rings (SSSR count). The second-order valence-corrected chi connectivity index (χ2v) is 5.84. The van der Waals surface area contributed by atoms with E-state index in [4.69, 9.17) is 4.74 Å². The van der Waals surface area contributed by atoms with Gasteiger partial charge in [0.2, 0.25) is 0 Å². The highest BCUT2D eigenvalue weighted by atomic mass is 16.6. The number of nitrogens with one attached hydrogen (secondary N) is 1. The minimum Gasteiger partial charge on any atom is -0.507 e. The number of amides is 1. The molecular weight excluding hydrogens is 290 g/mol. The number of aryl methyl sites for hydroxylation is 2. The quantitative estimate of drug-likeness (QED) is 0.505. The highest BCUT2D eigenvalue weighted by Crippen LogP contribution is 2.28. The molecule has 0 bridgehead atoms. The van der Waals surface area contributed by atoms with E-state index in [1.807, 2.05) is 0 Å². The molecule has 1 aromatic carbocycles. The Morgan fingerprint density at radius 2 is 1.91 bits per heavy atom. The van der Waals surface area contributed by atoms with Crippen molar-refractivity contribution < 1.29 is 30.0 Å². The number of carbonyl (C=O) groups is 1. The third-order valence-electron chi connectivity index (χ3n) is 4.13. The summed E-state index contributed by atoms with van der Waals surface area (Å²) in [5.74, 6) is -0.717. The van der Waals surface area contributed by atoms with Crippen molar-refractivity contribution >= 4 is 5.91 Å². The van der Waals surface area contributed by atoms with E-state index < -0.39 is 29.9 Å². The van der Waals surface area contributed by atoms with E-state index >= 15 is 0 Å². The summed E-state index contributed by atoms with van der Waals surface area (Å²) in [6, 6.07) is 2.47. The zero-order chi connectivity index (χ0) is 16.7. The maximum absolute atomic E-state index is 12.4. The van der Waals surface area contributed by atoms with Gasteiger partial charge in [-0.25, -0.2) is 0 Å². The standard InChI is InChI=1S/C15H21NO6/c1-7-4-5-8(2)11(17)10(7)13(19)16-9-6-22-14(20)12(18)15(9,3)21/h4-5,9,12,14,17-18,20-21H,6H2,1-3H3,(H,16,19)/t9-,12+,14?,15-/m1/s1. The topological polar surface area (TPSA) is 119 Å². The smallest absolute Gasteiger partial charge is 0.255 e. The summed E-state index contributed by atoms with van der Waals surface area (Å²) in [5, 5.41) is 42.1. The average Bonchev–Trinajstić information content (AvgIpc) is 2.44. The Balaban J connectivity index is 2.25. The molecule has 1 aromatic rings. The first kappa shape index (κ1) is 16.7. The van der Waals surface area contributed by atoms with Crippen molar-refractivity contribution in [2.45, 2.75) is 44.8 Å². The van der Waals surface area contributed by atoms with Gasteiger partial charge in [-0.15, -0.1) is 0 Å². The van der Waals surface area contributed by atoms with E-state index in [0.29, 0.717) is 11.1 Å². The molecule has 0 spiro atoms. The number of carbonyl (C=O) groups excluding carboxylic acids is 1. The number of aromatic hydroxyl groups is 1. The first-order chi connectivity index (χ1) is 10.2. The number of hydrogen-bond acceptors (Lipinski definition) is 6. The van der Waals surface area contributed by atoms with E-state index in [0.717, 1.165) is 0 Å². The number of aliphatic hydroxyl groups excluding tert-OH is 2. The second kappa shape index (κ2) is 5.85. The maximum atomic E-state index is 12.4. The normalized spacial score (nSPS) is 31.8. The Hall–Kier alpha value is -1.67. The van der Waals surface area contributed by atoms with Crippen LogP contribution in [0.4, 0.5) is 0 Å². The Labute approximate surface area is 128 Å². The summed E-state index contributed by atoms with van der Waals surface area (Å²) >= 11 is 0. The molecule has 1 unspecified atom stereocenters. The molecule has 4 atom stereocenters. The molecule has 7 heteroatoms. The number of phenols is 1. The largest absolute Gasteiger partial charge is 0.507 e. The number of ether oxygens (including phenoxy) is 1. The van der Waals surface area contributed by atoms with Crippen LogP contribution < -0.4 is 5.32 Å². The summed E-state index contributed by atoms with van der Waals surface area (Å²) in [6.45, 7) is 4.49. The van der Waals surface area contributed by atoms with Crippen LogP contribution in [-0.2, 0) is 4.74 Å². The van der Waals surface area contributed by atoms with Crippen LogP contribution in [0.25, 0.3) is 0 Å². The van der Waals surface area contributed by atoms with Gasteiger partial charge < -0.3 is 30.5 Å². The van der Waals surface area contributed by atoms with Crippen LogP contribution in [0.1, 0.15) is 28.4 Å². The molecular formula is C15H21NO6. The van der Waals surface area contributed by atoms with Gasteiger partial charge in [-0.1, -0.05) is 12.1 Å². The molecule has 1 fully saturated rings. The predicted molar refractivity (Wildman–Crippen MR) is 77.4 cm³/mol. The zero-order valence-electron chi connectivity index (χ0n) is 12.7. The minimum absolute atomic E-state index is 0.108. The predicted octanol–water partition coefficient (Wildman–Crippen LogP) is -0.432. The molecule has 7 nitrogen and oxygen atoms in total. The number of aliphatic hydroxyl groups is 3. The molecule has 122 valence electrons. The van der Waals surface area contributed by atoms with Gasteiger partial charge in [-0.2, -0.15) is 0 Å². The number of phenolic OH excluding ortho intramolecular Hbond substituents is 1. The lowest BCUT2D eigenvalue weighted by Crippen LogP contribution is -2.66. The molecule has 0 saturated carbocycles. The van der Waals surface area contributed by atoms with Gasteiger partial charge in [0, 0.05) is 0 Å². The second-order valence-electron chi connectivity index (χ2n) is 5.84. The maximum Gasteiger partial charge on any atom is 0.255 e. The Bertz CT molecular complexity index is 586. The van der Waals surface area contributed by atoms with E-state index in [-0.39, 0.29) is 17.9 Å². The SMILES string of the molecule is Cc1ccc(C)c(C(=O)N[C@@H]2COC(O)[C@H](O)[C@]2(C)O)c1O. The third kappa shape index (κ3) is 2.80.